The molecule has 0 radical (unpaired) electrons. The number of aromatic nitrogens is 1. The molecule has 3 aromatic rings. The van der Waals surface area contributed by atoms with E-state index in [1.54, 1.807) is 6.07 Å². The molecule has 5 rings (SSSR count). The van der Waals surface area contributed by atoms with E-state index in [4.69, 9.17) is 17.2 Å². The number of pyridine rings is 1. The average molecular weight is 550 g/mol. The predicted molar refractivity (Wildman–Crippen MR) is 165 cm³/mol. The van der Waals surface area contributed by atoms with E-state index in [0.29, 0.717) is 10.8 Å². The molecule has 39 heavy (non-hydrogen) atoms. The van der Waals surface area contributed by atoms with Crippen molar-refractivity contribution in [3.8, 4) is 0 Å². The first-order chi connectivity index (χ1) is 19.0. The van der Waals surface area contributed by atoms with Crippen molar-refractivity contribution in [3.63, 3.8) is 0 Å². The van der Waals surface area contributed by atoms with Crippen LogP contribution in [0.2, 0.25) is 0 Å². The maximum absolute atomic E-state index is 14.1. The number of nitrogens with zero attached hydrogens (tertiary/aromatic N) is 5. The molecular formula is C30H40FN7S. The lowest BCUT2D eigenvalue weighted by Crippen LogP contribution is -2.47. The van der Waals surface area contributed by atoms with Crippen LogP contribution in [0, 0.1) is 12.7 Å². The second kappa shape index (κ2) is 12.9. The summed E-state index contributed by atoms with van der Waals surface area (Å²) in [5, 5.41) is 8.46. The second-order valence-electron chi connectivity index (χ2n) is 10.5. The minimum absolute atomic E-state index is 0.139. The van der Waals surface area contributed by atoms with Gasteiger partial charge in [-0.2, -0.15) is 0 Å². The molecule has 9 heteroatoms. The molecule has 2 aromatic carbocycles. The first-order valence-electron chi connectivity index (χ1n) is 14.2. The first kappa shape index (κ1) is 27.6. The average Bonchev–Trinajstić information content (AvgIpc) is 2.96. The van der Waals surface area contributed by atoms with Gasteiger partial charge in [0.1, 0.15) is 11.6 Å². The Morgan fingerprint density at radius 1 is 0.923 bits per heavy atom. The lowest BCUT2D eigenvalue weighted by Gasteiger charge is -2.36. The molecule has 2 N–H and O–H groups in total. The summed E-state index contributed by atoms with van der Waals surface area (Å²) in [7, 11) is 0. The van der Waals surface area contributed by atoms with Gasteiger partial charge in [-0.05, 0) is 80.6 Å². The lowest BCUT2D eigenvalue weighted by atomic mass is 10.1. The van der Waals surface area contributed by atoms with Crippen LogP contribution >= 0.6 is 12.2 Å². The minimum atomic E-state index is -0.139. The minimum Gasteiger partial charge on any atom is -0.367 e. The number of halogens is 1. The maximum atomic E-state index is 14.1. The van der Waals surface area contributed by atoms with Gasteiger partial charge in [0.15, 0.2) is 5.11 Å². The Hall–Kier alpha value is -3.01. The second-order valence-corrected chi connectivity index (χ2v) is 10.9. The quantitative estimate of drug-likeness (QED) is 0.318. The third-order valence-corrected chi connectivity index (χ3v) is 8.15. The summed E-state index contributed by atoms with van der Waals surface area (Å²) in [6.07, 6.45) is 0.998. The van der Waals surface area contributed by atoms with E-state index in [0.717, 1.165) is 101 Å². The van der Waals surface area contributed by atoms with E-state index >= 15 is 0 Å². The van der Waals surface area contributed by atoms with Crippen molar-refractivity contribution in [2.24, 2.45) is 0 Å². The van der Waals surface area contributed by atoms with Gasteiger partial charge in [-0.25, -0.2) is 9.37 Å². The Balaban J connectivity index is 1.06. The van der Waals surface area contributed by atoms with Crippen LogP contribution in [0.15, 0.2) is 48.5 Å². The summed E-state index contributed by atoms with van der Waals surface area (Å²) in [6, 6.07) is 15.5. The monoisotopic (exact) mass is 549 g/mol. The molecule has 0 unspecified atom stereocenters. The Morgan fingerprint density at radius 2 is 1.64 bits per heavy atom. The third-order valence-electron chi connectivity index (χ3n) is 7.91. The number of para-hydroxylation sites is 1. The SMILES string of the molecule is CCN1CCN(c2cc(C)c3cc(NC(=S)NCCCN4CCN(c5ccccc5F)CC4)ccc3n2)CC1. The number of hydrogen-bond acceptors (Lipinski definition) is 6. The standard InChI is InChI=1S/C30H40FN7S/c1-3-35-13-19-38(20-14-35)29-21-23(2)25-22-24(9-10-27(25)34-29)33-30(39)32-11-6-12-36-15-17-37(18-16-36)28-8-5-4-7-26(28)31/h4-5,7-10,21-22H,3,6,11-20H2,1-2H3,(H2,32,33,39). The van der Waals surface area contributed by atoms with Crippen LogP contribution in [0.1, 0.15) is 18.9 Å². The molecule has 0 amide bonds. The molecule has 0 bridgehead atoms. The van der Waals surface area contributed by atoms with Crippen LogP contribution in [-0.2, 0) is 0 Å². The van der Waals surface area contributed by atoms with Crippen molar-refractivity contribution in [2.75, 3.05) is 87.1 Å². The summed E-state index contributed by atoms with van der Waals surface area (Å²) >= 11 is 5.56. The number of piperazine rings is 2. The molecule has 2 aliphatic heterocycles. The predicted octanol–water partition coefficient (Wildman–Crippen LogP) is 4.32. The van der Waals surface area contributed by atoms with E-state index in [2.05, 4.69) is 68.3 Å². The zero-order valence-electron chi connectivity index (χ0n) is 23.1. The number of nitrogens with one attached hydrogen (secondary N) is 2. The van der Waals surface area contributed by atoms with Crippen LogP contribution in [0.25, 0.3) is 10.9 Å². The van der Waals surface area contributed by atoms with Gasteiger partial charge in [0, 0.05) is 70.0 Å². The van der Waals surface area contributed by atoms with Gasteiger partial charge in [-0.1, -0.05) is 19.1 Å². The molecule has 0 saturated carbocycles. The van der Waals surface area contributed by atoms with Crippen LogP contribution in [0.4, 0.5) is 21.6 Å². The van der Waals surface area contributed by atoms with Crippen molar-refractivity contribution in [1.82, 2.24) is 20.1 Å². The van der Waals surface area contributed by atoms with Gasteiger partial charge in [-0.15, -0.1) is 0 Å². The summed E-state index contributed by atoms with van der Waals surface area (Å²) < 4.78 is 14.1. The number of rotatable bonds is 8. The van der Waals surface area contributed by atoms with Crippen LogP contribution in [0.3, 0.4) is 0 Å². The van der Waals surface area contributed by atoms with Gasteiger partial charge in [0.05, 0.1) is 11.2 Å². The lowest BCUT2D eigenvalue weighted by molar-refractivity contribution is 0.255. The first-order valence-corrected chi connectivity index (χ1v) is 14.6. The number of likely N-dealkylation sites (N-methyl/N-ethyl adjacent to an activating group) is 1. The van der Waals surface area contributed by atoms with Crippen LogP contribution < -0.4 is 20.4 Å². The fourth-order valence-electron chi connectivity index (χ4n) is 5.51. The van der Waals surface area contributed by atoms with Crippen molar-refractivity contribution in [2.45, 2.75) is 20.3 Å². The topological polar surface area (TPSA) is 49.9 Å². The molecule has 7 nitrogen and oxygen atoms in total. The molecule has 208 valence electrons. The number of thiocarbonyl (C=S) groups is 1. The van der Waals surface area contributed by atoms with Crippen LogP contribution in [-0.4, -0.2) is 91.9 Å². The van der Waals surface area contributed by atoms with Gasteiger partial charge in [0.25, 0.3) is 0 Å². The Kier molecular flexibility index (Phi) is 9.11. The zero-order valence-corrected chi connectivity index (χ0v) is 23.9. The molecule has 3 heterocycles. The zero-order chi connectivity index (χ0) is 27.2. The largest absolute Gasteiger partial charge is 0.367 e. The van der Waals surface area contributed by atoms with Gasteiger partial charge in [-0.3, -0.25) is 4.90 Å². The number of fused-ring (bicyclic) bond motifs is 1. The highest BCUT2D eigenvalue weighted by molar-refractivity contribution is 7.80. The Bertz CT molecular complexity index is 1270. The van der Waals surface area contributed by atoms with Gasteiger partial charge < -0.3 is 25.3 Å². The number of hydrogen-bond donors (Lipinski definition) is 2. The van der Waals surface area contributed by atoms with Crippen molar-refractivity contribution in [1.29, 1.82) is 0 Å². The highest BCUT2D eigenvalue weighted by Gasteiger charge is 2.19. The Labute approximate surface area is 237 Å². The van der Waals surface area contributed by atoms with E-state index < -0.39 is 0 Å². The molecule has 2 saturated heterocycles. The molecule has 2 aliphatic rings. The van der Waals surface area contributed by atoms with Gasteiger partial charge in [0.2, 0.25) is 0 Å². The number of aryl methyl sites for hydroxylation is 1. The van der Waals surface area contributed by atoms with E-state index in [1.165, 1.54) is 11.6 Å². The normalized spacial score (nSPS) is 17.0. The van der Waals surface area contributed by atoms with E-state index in [1.807, 2.05) is 12.1 Å². The summed E-state index contributed by atoms with van der Waals surface area (Å²) in [5.41, 5.74) is 3.92. The highest BCUT2D eigenvalue weighted by atomic mass is 32.1. The maximum Gasteiger partial charge on any atom is 0.170 e. The fraction of sp³-hybridized carbons (Fsp3) is 0.467. The Morgan fingerprint density at radius 3 is 2.38 bits per heavy atom. The molecule has 0 aliphatic carbocycles. The van der Waals surface area contributed by atoms with Crippen molar-refractivity contribution < 1.29 is 4.39 Å². The third kappa shape index (κ3) is 6.96. The molecule has 0 spiro atoms. The molecule has 0 atom stereocenters. The van der Waals surface area contributed by atoms with Crippen LogP contribution in [0.5, 0.6) is 0 Å². The summed E-state index contributed by atoms with van der Waals surface area (Å²) in [6.45, 7) is 15.1. The number of anilines is 3. The molecule has 2 fully saturated rings. The summed E-state index contributed by atoms with van der Waals surface area (Å²) in [5.74, 6) is 0.932. The fourth-order valence-corrected chi connectivity index (χ4v) is 5.73. The van der Waals surface area contributed by atoms with Crippen molar-refractivity contribution in [3.05, 3.63) is 59.9 Å². The molecule has 1 aromatic heterocycles. The van der Waals surface area contributed by atoms with Gasteiger partial charge >= 0.3 is 0 Å². The van der Waals surface area contributed by atoms with Crippen molar-refractivity contribution >= 4 is 45.4 Å². The number of benzene rings is 2. The smallest absolute Gasteiger partial charge is 0.170 e. The van der Waals surface area contributed by atoms with E-state index in [-0.39, 0.29) is 5.82 Å². The highest BCUT2D eigenvalue weighted by Crippen LogP contribution is 2.26. The van der Waals surface area contributed by atoms with E-state index in [9.17, 15) is 4.39 Å². The summed E-state index contributed by atoms with van der Waals surface area (Å²) in [4.78, 5) is 14.4. The molecular weight excluding hydrogens is 509 g/mol.